The van der Waals surface area contributed by atoms with E-state index < -0.39 is 0 Å². The van der Waals surface area contributed by atoms with Gasteiger partial charge in [-0.3, -0.25) is 0 Å². The van der Waals surface area contributed by atoms with Crippen LogP contribution in [0, 0.1) is 11.7 Å². The van der Waals surface area contributed by atoms with Crippen LogP contribution in [-0.4, -0.2) is 0 Å². The number of halogens is 2. The molecule has 0 aliphatic carbocycles. The Hall–Kier alpha value is -0.710. The summed E-state index contributed by atoms with van der Waals surface area (Å²) < 4.78 is 14.1. The van der Waals surface area contributed by atoms with Crippen molar-refractivity contribution in [1.82, 2.24) is 5.32 Å². The average molecular weight is 342 g/mol. The van der Waals surface area contributed by atoms with Gasteiger partial charge in [-0.25, -0.2) is 4.39 Å². The molecule has 1 N–H and O–H groups in total. The van der Waals surface area contributed by atoms with Crippen LogP contribution in [0.3, 0.4) is 0 Å². The molecule has 0 fully saturated rings. The van der Waals surface area contributed by atoms with Crippen molar-refractivity contribution in [3.8, 4) is 0 Å². The molecule has 0 saturated heterocycles. The van der Waals surface area contributed by atoms with Gasteiger partial charge in [-0.15, -0.1) is 11.3 Å². The van der Waals surface area contributed by atoms with E-state index in [0.717, 1.165) is 10.0 Å². The summed E-state index contributed by atoms with van der Waals surface area (Å²) in [6.07, 6.45) is 0. The maximum Gasteiger partial charge on any atom is 0.124 e. The van der Waals surface area contributed by atoms with Crippen molar-refractivity contribution in [3.63, 3.8) is 0 Å². The fourth-order valence-corrected chi connectivity index (χ4v) is 3.56. The Bertz CT molecular complexity index is 505. The highest BCUT2D eigenvalue weighted by Crippen LogP contribution is 2.26. The zero-order chi connectivity index (χ0) is 13.8. The Morgan fingerprint density at radius 1 is 1.32 bits per heavy atom. The molecular formula is C15H17BrFNS. The summed E-state index contributed by atoms with van der Waals surface area (Å²) in [5, 5.41) is 5.60. The third-order valence-electron chi connectivity index (χ3n) is 2.96. The van der Waals surface area contributed by atoms with E-state index in [-0.39, 0.29) is 5.82 Å². The summed E-state index contributed by atoms with van der Waals surface area (Å²) in [5.41, 5.74) is 0.953. The Balaban J connectivity index is 2.07. The van der Waals surface area contributed by atoms with Crippen molar-refractivity contribution >= 4 is 27.3 Å². The van der Waals surface area contributed by atoms with E-state index in [2.05, 4.69) is 52.6 Å². The number of nitrogens with one attached hydrogen (secondary N) is 1. The molecule has 0 spiro atoms. The Morgan fingerprint density at radius 3 is 2.68 bits per heavy atom. The van der Waals surface area contributed by atoms with Crippen LogP contribution in [-0.2, 0) is 6.54 Å². The van der Waals surface area contributed by atoms with Gasteiger partial charge in [0.25, 0.3) is 0 Å². The van der Waals surface area contributed by atoms with Crippen LogP contribution < -0.4 is 5.32 Å². The molecule has 0 radical (unpaired) electrons. The first-order valence-electron chi connectivity index (χ1n) is 6.28. The van der Waals surface area contributed by atoms with Crippen molar-refractivity contribution in [2.45, 2.75) is 26.4 Å². The van der Waals surface area contributed by atoms with E-state index in [9.17, 15) is 4.39 Å². The summed E-state index contributed by atoms with van der Waals surface area (Å²) in [5.74, 6) is 0.291. The first-order chi connectivity index (χ1) is 9.06. The molecule has 4 heteroatoms. The first kappa shape index (κ1) is 14.7. The molecule has 0 amide bonds. The molecule has 1 nitrogen and oxygen atoms in total. The molecule has 1 heterocycles. The lowest BCUT2D eigenvalue weighted by atomic mass is 10.0. The summed E-state index contributed by atoms with van der Waals surface area (Å²) in [6, 6.07) is 9.51. The zero-order valence-corrected chi connectivity index (χ0v) is 13.4. The van der Waals surface area contributed by atoms with Crippen LogP contribution in [0.15, 0.2) is 40.2 Å². The molecule has 2 aromatic rings. The van der Waals surface area contributed by atoms with Gasteiger partial charge in [0, 0.05) is 21.9 Å². The van der Waals surface area contributed by atoms with Crippen molar-refractivity contribution in [3.05, 3.63) is 56.4 Å². The monoisotopic (exact) mass is 341 g/mol. The molecule has 1 unspecified atom stereocenters. The van der Waals surface area contributed by atoms with Gasteiger partial charge < -0.3 is 5.32 Å². The Labute approximate surface area is 126 Å². The zero-order valence-electron chi connectivity index (χ0n) is 11.0. The van der Waals surface area contributed by atoms with Crippen molar-refractivity contribution in [2.24, 2.45) is 5.92 Å². The topological polar surface area (TPSA) is 12.0 Å². The maximum absolute atomic E-state index is 13.3. The lowest BCUT2D eigenvalue weighted by molar-refractivity contribution is 0.416. The van der Waals surface area contributed by atoms with Gasteiger partial charge in [0.05, 0.1) is 0 Å². The molecule has 102 valence electrons. The molecule has 0 aliphatic rings. The quantitative estimate of drug-likeness (QED) is 0.794. The van der Waals surface area contributed by atoms with E-state index in [4.69, 9.17) is 0 Å². The van der Waals surface area contributed by atoms with Gasteiger partial charge in [-0.2, -0.15) is 0 Å². The largest absolute Gasteiger partial charge is 0.305 e. The van der Waals surface area contributed by atoms with E-state index >= 15 is 0 Å². The summed E-state index contributed by atoms with van der Waals surface area (Å²) in [6.45, 7) is 5.05. The molecule has 0 bridgehead atoms. The lowest BCUT2D eigenvalue weighted by Gasteiger charge is -2.21. The van der Waals surface area contributed by atoms with Gasteiger partial charge in [-0.1, -0.05) is 35.8 Å². The van der Waals surface area contributed by atoms with Crippen LogP contribution in [0.1, 0.15) is 30.3 Å². The van der Waals surface area contributed by atoms with Crippen molar-refractivity contribution in [1.29, 1.82) is 0 Å². The van der Waals surface area contributed by atoms with E-state index in [1.54, 1.807) is 17.4 Å². The van der Waals surface area contributed by atoms with Crippen molar-refractivity contribution in [2.75, 3.05) is 0 Å². The minimum atomic E-state index is -0.205. The highest BCUT2D eigenvalue weighted by Gasteiger charge is 2.16. The average Bonchev–Trinajstić information content (AvgIpc) is 2.81. The molecule has 2 rings (SSSR count). The van der Waals surface area contributed by atoms with Gasteiger partial charge >= 0.3 is 0 Å². The van der Waals surface area contributed by atoms with Gasteiger partial charge in [0.15, 0.2) is 0 Å². The SMILES string of the molecule is CC(C)C(NCc1cc(F)cc(Br)c1)c1cccs1. The highest BCUT2D eigenvalue weighted by molar-refractivity contribution is 9.10. The van der Waals surface area contributed by atoms with Crippen LogP contribution in [0.5, 0.6) is 0 Å². The second-order valence-electron chi connectivity index (χ2n) is 4.90. The molecule has 0 aliphatic heterocycles. The third-order valence-corrected chi connectivity index (χ3v) is 4.38. The minimum Gasteiger partial charge on any atom is -0.305 e. The predicted octanol–water partition coefficient (Wildman–Crippen LogP) is 5.14. The molecular weight excluding hydrogens is 325 g/mol. The minimum absolute atomic E-state index is 0.205. The Morgan fingerprint density at radius 2 is 2.11 bits per heavy atom. The smallest absolute Gasteiger partial charge is 0.124 e. The number of rotatable bonds is 5. The van der Waals surface area contributed by atoms with Gasteiger partial charge in [-0.05, 0) is 41.1 Å². The maximum atomic E-state index is 13.3. The fraction of sp³-hybridized carbons (Fsp3) is 0.333. The summed E-state index contributed by atoms with van der Waals surface area (Å²) in [7, 11) is 0. The first-order valence-corrected chi connectivity index (χ1v) is 7.95. The second kappa shape index (κ2) is 6.64. The standard InChI is InChI=1S/C15H17BrFNS/c1-10(2)15(14-4-3-5-19-14)18-9-11-6-12(16)8-13(17)7-11/h3-8,10,15,18H,9H2,1-2H3. The fourth-order valence-electron chi connectivity index (χ4n) is 2.07. The number of thiophene rings is 1. The van der Waals surface area contributed by atoms with Gasteiger partial charge in [0.2, 0.25) is 0 Å². The van der Waals surface area contributed by atoms with E-state index in [0.29, 0.717) is 18.5 Å². The molecule has 19 heavy (non-hydrogen) atoms. The lowest BCUT2D eigenvalue weighted by Crippen LogP contribution is -2.24. The highest BCUT2D eigenvalue weighted by atomic mass is 79.9. The number of hydrogen-bond donors (Lipinski definition) is 1. The molecule has 0 saturated carbocycles. The van der Waals surface area contributed by atoms with Crippen molar-refractivity contribution < 1.29 is 4.39 Å². The predicted molar refractivity (Wildman–Crippen MR) is 82.8 cm³/mol. The molecule has 1 atom stereocenters. The normalized spacial score (nSPS) is 12.9. The van der Waals surface area contributed by atoms with E-state index in [1.165, 1.54) is 10.9 Å². The number of hydrogen-bond acceptors (Lipinski definition) is 2. The summed E-state index contributed by atoms with van der Waals surface area (Å²) in [4.78, 5) is 1.32. The van der Waals surface area contributed by atoms with Crippen LogP contribution in [0.25, 0.3) is 0 Å². The third kappa shape index (κ3) is 4.13. The number of benzene rings is 1. The van der Waals surface area contributed by atoms with Crippen LogP contribution >= 0.6 is 27.3 Å². The van der Waals surface area contributed by atoms with Gasteiger partial charge in [0.1, 0.15) is 5.82 Å². The van der Waals surface area contributed by atoms with E-state index in [1.807, 2.05) is 6.07 Å². The molecule has 1 aromatic carbocycles. The summed E-state index contributed by atoms with van der Waals surface area (Å²) >= 11 is 5.08. The second-order valence-corrected chi connectivity index (χ2v) is 6.79. The Kier molecular flexibility index (Phi) is 5.13. The van der Waals surface area contributed by atoms with Crippen LogP contribution in [0.2, 0.25) is 0 Å². The van der Waals surface area contributed by atoms with Crippen LogP contribution in [0.4, 0.5) is 4.39 Å². The molecule has 1 aromatic heterocycles.